The number of aryl methyl sites for hydroxylation is 2. The van der Waals surface area contributed by atoms with Gasteiger partial charge in [-0.15, -0.1) is 0 Å². The van der Waals surface area contributed by atoms with Crippen LogP contribution in [0.15, 0.2) is 59.1 Å². The lowest BCUT2D eigenvalue weighted by atomic mass is 10.1. The summed E-state index contributed by atoms with van der Waals surface area (Å²) in [7, 11) is 0. The number of benzene rings is 2. The molecule has 0 spiro atoms. The summed E-state index contributed by atoms with van der Waals surface area (Å²) in [6, 6.07) is 17.9. The van der Waals surface area contributed by atoms with Gasteiger partial charge in [0.25, 0.3) is 0 Å². The molecular weight excluding hydrogens is 314 g/mol. The summed E-state index contributed by atoms with van der Waals surface area (Å²) in [6.07, 6.45) is 1.74. The van der Waals surface area contributed by atoms with Gasteiger partial charge in [0.05, 0.1) is 0 Å². The van der Waals surface area contributed by atoms with Crippen LogP contribution in [0.25, 0.3) is 11.4 Å². The highest BCUT2D eigenvalue weighted by Gasteiger charge is 2.09. The fourth-order valence-corrected chi connectivity index (χ4v) is 2.48. The smallest absolute Gasteiger partial charge is 0.228 e. The third kappa shape index (κ3) is 5.01. The zero-order valence-electron chi connectivity index (χ0n) is 14.2. The molecular formula is C20H21N3O2. The van der Waals surface area contributed by atoms with E-state index in [4.69, 9.17) is 4.52 Å². The molecule has 128 valence electrons. The molecule has 25 heavy (non-hydrogen) atoms. The third-order valence-electron chi connectivity index (χ3n) is 3.92. The summed E-state index contributed by atoms with van der Waals surface area (Å²) in [5, 5.41) is 6.88. The van der Waals surface area contributed by atoms with E-state index in [0.29, 0.717) is 31.1 Å². The Hall–Kier alpha value is -2.95. The predicted molar refractivity (Wildman–Crippen MR) is 95.9 cm³/mol. The normalized spacial score (nSPS) is 10.6. The number of nitrogens with one attached hydrogen (secondary N) is 1. The van der Waals surface area contributed by atoms with Crippen LogP contribution in [0.2, 0.25) is 0 Å². The fraction of sp³-hybridized carbons (Fsp3) is 0.250. The van der Waals surface area contributed by atoms with Crippen LogP contribution in [0.3, 0.4) is 0 Å². The summed E-state index contributed by atoms with van der Waals surface area (Å²) in [4.78, 5) is 16.3. The van der Waals surface area contributed by atoms with Gasteiger partial charge in [0.15, 0.2) is 0 Å². The Kier molecular flexibility index (Phi) is 5.57. The van der Waals surface area contributed by atoms with E-state index >= 15 is 0 Å². The molecule has 5 heteroatoms. The molecule has 0 unspecified atom stereocenters. The second-order valence-electron chi connectivity index (χ2n) is 5.96. The highest BCUT2D eigenvalue weighted by Crippen LogP contribution is 2.16. The van der Waals surface area contributed by atoms with Crippen LogP contribution in [-0.4, -0.2) is 22.6 Å². The van der Waals surface area contributed by atoms with Gasteiger partial charge in [0.1, 0.15) is 0 Å². The van der Waals surface area contributed by atoms with Gasteiger partial charge >= 0.3 is 0 Å². The quantitative estimate of drug-likeness (QED) is 0.719. The van der Waals surface area contributed by atoms with Crippen molar-refractivity contribution in [3.63, 3.8) is 0 Å². The van der Waals surface area contributed by atoms with Gasteiger partial charge in [0, 0.05) is 24.9 Å². The van der Waals surface area contributed by atoms with E-state index in [2.05, 4.69) is 15.5 Å². The summed E-state index contributed by atoms with van der Waals surface area (Å²) in [6.45, 7) is 2.52. The number of rotatable bonds is 7. The van der Waals surface area contributed by atoms with Gasteiger partial charge in [-0.1, -0.05) is 65.3 Å². The highest BCUT2D eigenvalue weighted by atomic mass is 16.5. The molecule has 3 rings (SSSR count). The maximum Gasteiger partial charge on any atom is 0.228 e. The van der Waals surface area contributed by atoms with Crippen molar-refractivity contribution in [2.45, 2.75) is 26.2 Å². The second-order valence-corrected chi connectivity index (χ2v) is 5.96. The van der Waals surface area contributed by atoms with Gasteiger partial charge in [-0.05, 0) is 18.9 Å². The Bertz CT molecular complexity index is 810. The molecule has 1 amide bonds. The van der Waals surface area contributed by atoms with Crippen LogP contribution in [-0.2, 0) is 17.6 Å². The van der Waals surface area contributed by atoms with Crippen molar-refractivity contribution in [2.75, 3.05) is 6.54 Å². The van der Waals surface area contributed by atoms with Crippen LogP contribution in [0.5, 0.6) is 0 Å². The largest absolute Gasteiger partial charge is 0.356 e. The van der Waals surface area contributed by atoms with Crippen molar-refractivity contribution in [3.05, 3.63) is 71.6 Å². The summed E-state index contributed by atoms with van der Waals surface area (Å²) >= 11 is 0. The van der Waals surface area contributed by atoms with Crippen LogP contribution in [0, 0.1) is 6.92 Å². The number of carbonyl (C=O) groups is 1. The first kappa shape index (κ1) is 16.9. The first-order chi connectivity index (χ1) is 12.2. The minimum absolute atomic E-state index is 0.0297. The van der Waals surface area contributed by atoms with Crippen molar-refractivity contribution in [1.82, 2.24) is 15.5 Å². The van der Waals surface area contributed by atoms with E-state index < -0.39 is 0 Å². The molecule has 1 heterocycles. The van der Waals surface area contributed by atoms with Crippen molar-refractivity contribution < 1.29 is 9.32 Å². The number of hydrogen-bond acceptors (Lipinski definition) is 4. The maximum absolute atomic E-state index is 11.9. The molecule has 1 N–H and O–H groups in total. The molecule has 0 saturated heterocycles. The topological polar surface area (TPSA) is 68.0 Å². The summed E-state index contributed by atoms with van der Waals surface area (Å²) in [5.41, 5.74) is 3.27. The van der Waals surface area contributed by atoms with Crippen molar-refractivity contribution >= 4 is 5.91 Å². The van der Waals surface area contributed by atoms with Gasteiger partial charge in [-0.25, -0.2) is 0 Å². The molecule has 3 aromatic rings. The van der Waals surface area contributed by atoms with E-state index in [1.54, 1.807) is 0 Å². The van der Waals surface area contributed by atoms with Crippen LogP contribution < -0.4 is 5.32 Å². The van der Waals surface area contributed by atoms with Crippen molar-refractivity contribution in [2.24, 2.45) is 0 Å². The Labute approximate surface area is 147 Å². The SMILES string of the molecule is Cc1ccc(-c2noc(CCNC(=O)CCc3ccccc3)n2)cc1. The maximum atomic E-state index is 11.9. The lowest BCUT2D eigenvalue weighted by molar-refractivity contribution is -0.121. The van der Waals surface area contributed by atoms with Gasteiger partial charge < -0.3 is 9.84 Å². The van der Waals surface area contributed by atoms with Crippen LogP contribution in [0.4, 0.5) is 0 Å². The number of hydrogen-bond donors (Lipinski definition) is 1. The van der Waals surface area contributed by atoms with Crippen molar-refractivity contribution in [1.29, 1.82) is 0 Å². The number of nitrogens with zero attached hydrogens (tertiary/aromatic N) is 2. The average Bonchev–Trinajstić information content (AvgIpc) is 3.10. The summed E-state index contributed by atoms with van der Waals surface area (Å²) in [5.74, 6) is 1.13. The minimum Gasteiger partial charge on any atom is -0.356 e. The minimum atomic E-state index is 0.0297. The Balaban J connectivity index is 1.43. The van der Waals surface area contributed by atoms with E-state index in [-0.39, 0.29) is 5.91 Å². The van der Waals surface area contributed by atoms with Crippen LogP contribution in [0.1, 0.15) is 23.4 Å². The lowest BCUT2D eigenvalue weighted by Crippen LogP contribution is -2.25. The Morgan fingerprint density at radius 2 is 1.80 bits per heavy atom. The molecule has 0 aliphatic rings. The van der Waals surface area contributed by atoms with E-state index in [0.717, 1.165) is 17.5 Å². The summed E-state index contributed by atoms with van der Waals surface area (Å²) < 4.78 is 5.25. The molecule has 0 aliphatic carbocycles. The van der Waals surface area contributed by atoms with Gasteiger partial charge in [-0.3, -0.25) is 4.79 Å². The Morgan fingerprint density at radius 1 is 1.04 bits per heavy atom. The number of carbonyl (C=O) groups excluding carboxylic acids is 1. The monoisotopic (exact) mass is 335 g/mol. The zero-order valence-corrected chi connectivity index (χ0v) is 14.2. The van der Waals surface area contributed by atoms with Gasteiger partial charge in [0.2, 0.25) is 17.6 Å². The molecule has 1 aromatic heterocycles. The average molecular weight is 335 g/mol. The molecule has 0 atom stereocenters. The number of amides is 1. The molecule has 0 bridgehead atoms. The zero-order chi connectivity index (χ0) is 17.5. The molecule has 0 saturated carbocycles. The highest BCUT2D eigenvalue weighted by molar-refractivity contribution is 5.76. The predicted octanol–water partition coefficient (Wildman–Crippen LogP) is 3.34. The van der Waals surface area contributed by atoms with E-state index in [1.807, 2.05) is 61.5 Å². The molecule has 5 nitrogen and oxygen atoms in total. The first-order valence-electron chi connectivity index (χ1n) is 8.41. The third-order valence-corrected chi connectivity index (χ3v) is 3.92. The molecule has 0 aliphatic heterocycles. The van der Waals surface area contributed by atoms with Gasteiger partial charge in [-0.2, -0.15) is 4.98 Å². The second kappa shape index (κ2) is 8.24. The Morgan fingerprint density at radius 3 is 2.56 bits per heavy atom. The first-order valence-corrected chi connectivity index (χ1v) is 8.41. The van der Waals surface area contributed by atoms with Crippen molar-refractivity contribution in [3.8, 4) is 11.4 Å². The lowest BCUT2D eigenvalue weighted by Gasteiger charge is -2.03. The van der Waals surface area contributed by atoms with E-state index in [1.165, 1.54) is 5.56 Å². The number of aromatic nitrogens is 2. The van der Waals surface area contributed by atoms with E-state index in [9.17, 15) is 4.79 Å². The van der Waals surface area contributed by atoms with Crippen LogP contribution >= 0.6 is 0 Å². The molecule has 0 radical (unpaired) electrons. The fourth-order valence-electron chi connectivity index (χ4n) is 2.48. The molecule has 2 aromatic carbocycles. The standard InChI is InChI=1S/C20H21N3O2/c1-15-7-10-17(11-8-15)20-22-19(25-23-20)13-14-21-18(24)12-9-16-5-3-2-4-6-16/h2-8,10-11H,9,12-14H2,1H3,(H,21,24). The molecule has 0 fully saturated rings.